The molecule has 2 aliphatic rings. The van der Waals surface area contributed by atoms with Crippen molar-refractivity contribution >= 4 is 38.9 Å². The van der Waals surface area contributed by atoms with E-state index in [9.17, 15) is 13.2 Å². The fourth-order valence-corrected chi connectivity index (χ4v) is 4.60. The van der Waals surface area contributed by atoms with Gasteiger partial charge in [0.25, 0.3) is 0 Å². The van der Waals surface area contributed by atoms with Gasteiger partial charge < -0.3 is 15.0 Å². The molecule has 0 radical (unpaired) electrons. The number of benzene rings is 1. The lowest BCUT2D eigenvalue weighted by atomic mass is 10.2. The van der Waals surface area contributed by atoms with Crippen LogP contribution in [0, 0.1) is 0 Å². The van der Waals surface area contributed by atoms with E-state index in [1.807, 2.05) is 6.07 Å². The number of ether oxygens (including phenoxy) is 1. The molecule has 9 heteroatoms. The summed E-state index contributed by atoms with van der Waals surface area (Å²) in [5, 5.41) is 3.39. The van der Waals surface area contributed by atoms with Crippen molar-refractivity contribution in [3.63, 3.8) is 0 Å². The Morgan fingerprint density at radius 1 is 1.28 bits per heavy atom. The summed E-state index contributed by atoms with van der Waals surface area (Å²) in [5.74, 6) is -0.320. The molecule has 0 aliphatic carbocycles. The van der Waals surface area contributed by atoms with Crippen molar-refractivity contribution in [3.8, 4) is 0 Å². The Balaban J connectivity index is 1.82. The molecule has 1 atom stereocenters. The number of morpholine rings is 1. The van der Waals surface area contributed by atoms with E-state index in [0.717, 1.165) is 25.0 Å². The second-order valence-electron chi connectivity index (χ2n) is 6.28. The molecule has 2 aliphatic heterocycles. The van der Waals surface area contributed by atoms with E-state index in [4.69, 9.17) is 16.3 Å². The average Bonchev–Trinajstić information content (AvgIpc) is 3.06. The molecule has 2 heterocycles. The third-order valence-corrected chi connectivity index (χ3v) is 6.02. The Kier molecular flexibility index (Phi) is 5.52. The molecular formula is C16H22ClN3O4S. The monoisotopic (exact) mass is 387 g/mol. The number of nitrogens with zero attached hydrogens (tertiary/aromatic N) is 2. The van der Waals surface area contributed by atoms with Crippen LogP contribution in [0.1, 0.15) is 12.8 Å². The molecule has 25 heavy (non-hydrogen) atoms. The van der Waals surface area contributed by atoms with Gasteiger partial charge in [-0.1, -0.05) is 11.6 Å². The second kappa shape index (κ2) is 7.49. The van der Waals surface area contributed by atoms with Crippen molar-refractivity contribution in [1.82, 2.24) is 4.31 Å². The summed E-state index contributed by atoms with van der Waals surface area (Å²) in [5.41, 5.74) is 1.46. The minimum absolute atomic E-state index is 0.320. The molecule has 2 fully saturated rings. The first-order chi connectivity index (χ1) is 11.9. The largest absolute Gasteiger partial charge is 0.378 e. The van der Waals surface area contributed by atoms with E-state index in [1.165, 1.54) is 4.31 Å². The lowest BCUT2D eigenvalue weighted by Gasteiger charge is -2.31. The van der Waals surface area contributed by atoms with Crippen LogP contribution >= 0.6 is 11.6 Å². The van der Waals surface area contributed by atoms with Gasteiger partial charge in [-0.25, -0.2) is 8.42 Å². The minimum atomic E-state index is -3.41. The van der Waals surface area contributed by atoms with E-state index in [1.54, 1.807) is 12.1 Å². The van der Waals surface area contributed by atoms with Gasteiger partial charge in [0.15, 0.2) is 0 Å². The first-order valence-electron chi connectivity index (χ1n) is 8.26. The highest BCUT2D eigenvalue weighted by molar-refractivity contribution is 7.88. The van der Waals surface area contributed by atoms with Gasteiger partial charge in [-0.05, 0) is 31.0 Å². The summed E-state index contributed by atoms with van der Waals surface area (Å²) >= 11 is 6.10. The zero-order valence-corrected chi connectivity index (χ0v) is 15.6. The van der Waals surface area contributed by atoms with Crippen molar-refractivity contribution in [2.45, 2.75) is 18.9 Å². The highest BCUT2D eigenvalue weighted by Crippen LogP contribution is 2.31. The molecule has 138 valence electrons. The van der Waals surface area contributed by atoms with Crippen LogP contribution in [-0.4, -0.2) is 63.8 Å². The van der Waals surface area contributed by atoms with Gasteiger partial charge in [-0.2, -0.15) is 4.31 Å². The highest BCUT2D eigenvalue weighted by atomic mass is 35.5. The van der Waals surface area contributed by atoms with Gasteiger partial charge in [-0.15, -0.1) is 0 Å². The number of halogens is 1. The van der Waals surface area contributed by atoms with E-state index in [0.29, 0.717) is 43.3 Å². The Bertz CT molecular complexity index is 750. The summed E-state index contributed by atoms with van der Waals surface area (Å²) in [7, 11) is -3.41. The summed E-state index contributed by atoms with van der Waals surface area (Å²) in [6, 6.07) is 4.67. The normalized spacial score (nSPS) is 22.2. The van der Waals surface area contributed by atoms with Crippen molar-refractivity contribution in [2.24, 2.45) is 0 Å². The smallest absolute Gasteiger partial charge is 0.242 e. The molecule has 0 aromatic heterocycles. The molecule has 0 saturated carbocycles. The molecule has 2 saturated heterocycles. The summed E-state index contributed by atoms with van der Waals surface area (Å²) in [6.45, 7) is 3.08. The van der Waals surface area contributed by atoms with Crippen LogP contribution in [0.4, 0.5) is 11.4 Å². The molecule has 1 N–H and O–H groups in total. The molecule has 1 unspecified atom stereocenters. The Labute approximate surface area is 152 Å². The van der Waals surface area contributed by atoms with E-state index >= 15 is 0 Å². The van der Waals surface area contributed by atoms with Gasteiger partial charge in [-0.3, -0.25) is 4.79 Å². The zero-order chi connectivity index (χ0) is 18.0. The SMILES string of the molecule is CS(=O)(=O)N1CCCC1C(=O)Nc1cc(Cl)ccc1N1CCOCC1. The first-order valence-corrected chi connectivity index (χ1v) is 10.5. The number of carbonyl (C=O) groups is 1. The van der Waals surface area contributed by atoms with Gasteiger partial charge in [0.1, 0.15) is 6.04 Å². The lowest BCUT2D eigenvalue weighted by molar-refractivity contribution is -0.119. The summed E-state index contributed by atoms with van der Waals surface area (Å²) < 4.78 is 30.4. The van der Waals surface area contributed by atoms with Crippen molar-refractivity contribution in [3.05, 3.63) is 23.2 Å². The molecule has 3 rings (SSSR count). The van der Waals surface area contributed by atoms with Gasteiger partial charge in [0.2, 0.25) is 15.9 Å². The third-order valence-electron chi connectivity index (χ3n) is 4.50. The summed E-state index contributed by atoms with van der Waals surface area (Å²) in [6.07, 6.45) is 2.33. The van der Waals surface area contributed by atoms with E-state index in [2.05, 4.69) is 10.2 Å². The fourth-order valence-electron chi connectivity index (χ4n) is 3.30. The predicted octanol–water partition coefficient (Wildman–Crippen LogP) is 1.54. The molecule has 1 amide bonds. The molecule has 0 spiro atoms. The van der Waals surface area contributed by atoms with Gasteiger partial charge in [0, 0.05) is 24.7 Å². The van der Waals surface area contributed by atoms with Crippen LogP contribution in [0.2, 0.25) is 5.02 Å². The van der Waals surface area contributed by atoms with Gasteiger partial charge in [0.05, 0.1) is 30.8 Å². The maximum Gasteiger partial charge on any atom is 0.242 e. The second-order valence-corrected chi connectivity index (χ2v) is 8.65. The molecule has 0 bridgehead atoms. The van der Waals surface area contributed by atoms with Crippen LogP contribution in [0.15, 0.2) is 18.2 Å². The quantitative estimate of drug-likeness (QED) is 0.847. The number of hydrogen-bond donors (Lipinski definition) is 1. The Hall–Kier alpha value is -1.35. The number of hydrogen-bond acceptors (Lipinski definition) is 5. The molecule has 1 aromatic carbocycles. The van der Waals surface area contributed by atoms with Crippen LogP contribution in [-0.2, 0) is 19.6 Å². The van der Waals surface area contributed by atoms with Crippen LogP contribution in [0.25, 0.3) is 0 Å². The number of nitrogens with one attached hydrogen (secondary N) is 1. The average molecular weight is 388 g/mol. The summed E-state index contributed by atoms with van der Waals surface area (Å²) in [4.78, 5) is 14.8. The van der Waals surface area contributed by atoms with Crippen molar-refractivity contribution in [1.29, 1.82) is 0 Å². The van der Waals surface area contributed by atoms with Crippen LogP contribution in [0.3, 0.4) is 0 Å². The Morgan fingerprint density at radius 2 is 2.00 bits per heavy atom. The lowest BCUT2D eigenvalue weighted by Crippen LogP contribution is -2.43. The number of carbonyl (C=O) groups excluding carboxylic acids is 1. The van der Waals surface area contributed by atoms with Gasteiger partial charge >= 0.3 is 0 Å². The number of amides is 1. The Morgan fingerprint density at radius 3 is 2.68 bits per heavy atom. The van der Waals surface area contributed by atoms with E-state index in [-0.39, 0.29) is 5.91 Å². The highest BCUT2D eigenvalue weighted by Gasteiger charge is 2.36. The van der Waals surface area contributed by atoms with Crippen molar-refractivity contribution in [2.75, 3.05) is 49.3 Å². The van der Waals surface area contributed by atoms with Crippen LogP contribution in [0.5, 0.6) is 0 Å². The maximum absolute atomic E-state index is 12.7. The predicted molar refractivity (Wildman–Crippen MR) is 97.7 cm³/mol. The topological polar surface area (TPSA) is 79.0 Å². The number of sulfonamides is 1. The maximum atomic E-state index is 12.7. The number of rotatable bonds is 4. The zero-order valence-electron chi connectivity index (χ0n) is 14.1. The first kappa shape index (κ1) is 18.4. The molecule has 1 aromatic rings. The van der Waals surface area contributed by atoms with E-state index < -0.39 is 16.1 Å². The minimum Gasteiger partial charge on any atom is -0.378 e. The standard InChI is InChI=1S/C16H22ClN3O4S/c1-25(22,23)20-6-2-3-15(20)16(21)18-13-11-12(17)4-5-14(13)19-7-9-24-10-8-19/h4-5,11,15H,2-3,6-10H2,1H3,(H,18,21). The fraction of sp³-hybridized carbons (Fsp3) is 0.562. The van der Waals surface area contributed by atoms with Crippen LogP contribution < -0.4 is 10.2 Å². The molecular weight excluding hydrogens is 366 g/mol. The third kappa shape index (κ3) is 4.25. The molecule has 7 nitrogen and oxygen atoms in total. The van der Waals surface area contributed by atoms with Crippen molar-refractivity contribution < 1.29 is 17.9 Å². The number of anilines is 2.